The van der Waals surface area contributed by atoms with E-state index in [0.717, 1.165) is 0 Å². The van der Waals surface area contributed by atoms with E-state index in [1.54, 1.807) is 19.1 Å². The molecule has 0 spiro atoms. The fourth-order valence-corrected chi connectivity index (χ4v) is 3.57. The van der Waals surface area contributed by atoms with Gasteiger partial charge in [-0.05, 0) is 54.4 Å². The molecule has 7 heteroatoms. The van der Waals surface area contributed by atoms with E-state index in [2.05, 4.69) is 0 Å². The Morgan fingerprint density at radius 1 is 0.967 bits per heavy atom. The van der Waals surface area contributed by atoms with Gasteiger partial charge in [-0.15, -0.1) is 0 Å². The molecule has 30 heavy (non-hydrogen) atoms. The van der Waals surface area contributed by atoms with Crippen LogP contribution >= 0.6 is 0 Å². The van der Waals surface area contributed by atoms with Crippen LogP contribution in [0.4, 0.5) is 0 Å². The van der Waals surface area contributed by atoms with Crippen LogP contribution in [0.5, 0.6) is 5.75 Å². The number of carbonyl (C=O) groups is 2. The SMILES string of the molecule is COC(=O)c1cc(-c2c3ccc(=O)cc-3oc3cc(O)ccc23)c(C(=O)O)cc1C. The largest absolute Gasteiger partial charge is 0.508 e. The lowest BCUT2D eigenvalue weighted by Crippen LogP contribution is -2.09. The zero-order valence-corrected chi connectivity index (χ0v) is 16.1. The molecule has 0 saturated heterocycles. The first kappa shape index (κ1) is 19.2. The van der Waals surface area contributed by atoms with E-state index in [4.69, 9.17) is 9.15 Å². The van der Waals surface area contributed by atoms with Gasteiger partial charge in [-0.2, -0.15) is 0 Å². The van der Waals surface area contributed by atoms with Crippen LogP contribution in [0, 0.1) is 6.92 Å². The Morgan fingerprint density at radius 3 is 2.43 bits per heavy atom. The summed E-state index contributed by atoms with van der Waals surface area (Å²) in [5.41, 5.74) is 1.87. The molecule has 0 radical (unpaired) electrons. The molecule has 0 saturated carbocycles. The van der Waals surface area contributed by atoms with Crippen LogP contribution in [0.3, 0.4) is 0 Å². The number of ether oxygens (including phenoxy) is 1. The summed E-state index contributed by atoms with van der Waals surface area (Å²) in [5, 5.41) is 20.2. The lowest BCUT2D eigenvalue weighted by atomic mass is 9.88. The molecule has 150 valence electrons. The summed E-state index contributed by atoms with van der Waals surface area (Å²) >= 11 is 0. The number of fused-ring (bicyclic) bond motifs is 2. The Balaban J connectivity index is 2.21. The molecule has 1 heterocycles. The fourth-order valence-electron chi connectivity index (χ4n) is 3.57. The van der Waals surface area contributed by atoms with Crippen LogP contribution in [0.1, 0.15) is 26.3 Å². The molecule has 0 atom stereocenters. The Morgan fingerprint density at radius 2 is 1.73 bits per heavy atom. The number of methoxy groups -OCH3 is 1. The highest BCUT2D eigenvalue weighted by molar-refractivity contribution is 6.09. The van der Waals surface area contributed by atoms with Gasteiger partial charge < -0.3 is 19.4 Å². The molecule has 2 aliphatic rings. The quantitative estimate of drug-likeness (QED) is 0.391. The third kappa shape index (κ3) is 3.06. The first-order chi connectivity index (χ1) is 14.3. The number of hydrogen-bond acceptors (Lipinski definition) is 6. The smallest absolute Gasteiger partial charge is 0.338 e. The van der Waals surface area contributed by atoms with Gasteiger partial charge in [-0.3, -0.25) is 4.79 Å². The molecule has 0 unspecified atom stereocenters. The zero-order chi connectivity index (χ0) is 21.6. The summed E-state index contributed by atoms with van der Waals surface area (Å²) in [6, 6.07) is 11.5. The number of esters is 1. The molecule has 2 aromatic rings. The zero-order valence-electron chi connectivity index (χ0n) is 16.1. The normalized spacial score (nSPS) is 11.0. The number of aromatic carboxylic acids is 1. The molecular formula is C23H16O7. The lowest BCUT2D eigenvalue weighted by molar-refractivity contribution is 0.0597. The predicted octanol–water partition coefficient (Wildman–Crippen LogP) is 4.06. The molecule has 2 N–H and O–H groups in total. The number of aryl methyl sites for hydroxylation is 1. The number of phenolic OH excluding ortho intramolecular Hbond substituents is 1. The lowest BCUT2D eigenvalue weighted by Gasteiger charge is -2.18. The van der Waals surface area contributed by atoms with Gasteiger partial charge in [-0.25, -0.2) is 9.59 Å². The molecule has 2 aromatic carbocycles. The third-order valence-corrected chi connectivity index (χ3v) is 4.95. The van der Waals surface area contributed by atoms with Gasteiger partial charge in [0.1, 0.15) is 17.1 Å². The first-order valence-electron chi connectivity index (χ1n) is 8.96. The maximum Gasteiger partial charge on any atom is 0.338 e. The molecule has 0 aromatic heterocycles. The Labute approximate surface area is 170 Å². The van der Waals surface area contributed by atoms with Crippen molar-refractivity contribution < 1.29 is 29.0 Å². The number of hydrogen-bond donors (Lipinski definition) is 2. The predicted molar refractivity (Wildman–Crippen MR) is 109 cm³/mol. The highest BCUT2D eigenvalue weighted by atomic mass is 16.5. The van der Waals surface area contributed by atoms with Crippen molar-refractivity contribution in [3.05, 3.63) is 75.4 Å². The number of carboxylic acid groups (broad SMARTS) is 1. The number of carbonyl (C=O) groups excluding carboxylic acids is 1. The molecule has 0 fully saturated rings. The topological polar surface area (TPSA) is 114 Å². The maximum atomic E-state index is 12.3. The van der Waals surface area contributed by atoms with Gasteiger partial charge >= 0.3 is 11.9 Å². The summed E-state index contributed by atoms with van der Waals surface area (Å²) in [4.78, 5) is 36.2. The Bertz CT molecular complexity index is 1360. The fraction of sp³-hybridized carbons (Fsp3) is 0.0870. The summed E-state index contributed by atoms with van der Waals surface area (Å²) in [6.45, 7) is 1.63. The average Bonchev–Trinajstić information content (AvgIpc) is 2.71. The second-order valence-corrected chi connectivity index (χ2v) is 6.82. The standard InChI is InChI=1S/C23H16O7/c1-11-7-18(22(26)27)17(10-16(11)23(28)29-2)21-14-5-3-12(24)8-19(14)30-20-9-13(25)4-6-15(20)21/h3-10,24H,1-2H3,(H,26,27). The van der Waals surface area contributed by atoms with Gasteiger partial charge in [0.25, 0.3) is 0 Å². The number of phenols is 1. The third-order valence-electron chi connectivity index (χ3n) is 4.95. The summed E-state index contributed by atoms with van der Waals surface area (Å²) in [5.74, 6) is -1.59. The van der Waals surface area contributed by atoms with Crippen molar-refractivity contribution in [2.24, 2.45) is 0 Å². The molecule has 7 nitrogen and oxygen atoms in total. The van der Waals surface area contributed by atoms with E-state index in [9.17, 15) is 24.6 Å². The number of aromatic hydroxyl groups is 1. The molecule has 0 amide bonds. The molecule has 1 aliphatic heterocycles. The van der Waals surface area contributed by atoms with Crippen molar-refractivity contribution in [1.82, 2.24) is 0 Å². The van der Waals surface area contributed by atoms with E-state index in [0.29, 0.717) is 22.1 Å². The minimum absolute atomic E-state index is 0.0202. The van der Waals surface area contributed by atoms with Crippen molar-refractivity contribution in [1.29, 1.82) is 0 Å². The molecule has 4 rings (SSSR count). The minimum Gasteiger partial charge on any atom is -0.508 e. The second-order valence-electron chi connectivity index (χ2n) is 6.82. The van der Waals surface area contributed by atoms with Crippen LogP contribution < -0.4 is 5.43 Å². The summed E-state index contributed by atoms with van der Waals surface area (Å²) in [6.07, 6.45) is 0. The first-order valence-corrected chi connectivity index (χ1v) is 8.96. The van der Waals surface area contributed by atoms with E-state index < -0.39 is 11.9 Å². The number of rotatable bonds is 3. The summed E-state index contributed by atoms with van der Waals surface area (Å²) < 4.78 is 10.6. The highest BCUT2D eigenvalue weighted by Crippen LogP contribution is 2.42. The number of carboxylic acids is 1. The van der Waals surface area contributed by atoms with E-state index in [-0.39, 0.29) is 39.2 Å². The van der Waals surface area contributed by atoms with Crippen LogP contribution in [-0.4, -0.2) is 29.3 Å². The van der Waals surface area contributed by atoms with Gasteiger partial charge in [0.05, 0.1) is 18.2 Å². The van der Waals surface area contributed by atoms with Gasteiger partial charge in [0.2, 0.25) is 0 Å². The van der Waals surface area contributed by atoms with Crippen LogP contribution in [-0.2, 0) is 4.74 Å². The average molecular weight is 404 g/mol. The maximum absolute atomic E-state index is 12.3. The van der Waals surface area contributed by atoms with Crippen LogP contribution in [0.15, 0.2) is 57.7 Å². The van der Waals surface area contributed by atoms with Crippen LogP contribution in [0.2, 0.25) is 0 Å². The van der Waals surface area contributed by atoms with Crippen LogP contribution in [0.25, 0.3) is 33.4 Å². The monoisotopic (exact) mass is 404 g/mol. The van der Waals surface area contributed by atoms with Crippen molar-refractivity contribution in [3.8, 4) is 28.2 Å². The van der Waals surface area contributed by atoms with Crippen molar-refractivity contribution >= 4 is 22.9 Å². The highest BCUT2D eigenvalue weighted by Gasteiger charge is 2.24. The van der Waals surface area contributed by atoms with Crippen molar-refractivity contribution in [3.63, 3.8) is 0 Å². The second kappa shape index (κ2) is 7.04. The molecule has 0 bridgehead atoms. The van der Waals surface area contributed by atoms with Gasteiger partial charge in [-0.1, -0.05) is 0 Å². The van der Waals surface area contributed by atoms with Gasteiger partial charge in [0, 0.05) is 28.6 Å². The Hall–Kier alpha value is -4.13. The van der Waals surface area contributed by atoms with E-state index >= 15 is 0 Å². The number of benzene rings is 3. The minimum atomic E-state index is -1.18. The van der Waals surface area contributed by atoms with Gasteiger partial charge in [0.15, 0.2) is 5.43 Å². The Kier molecular flexibility index (Phi) is 4.50. The molecule has 1 aliphatic carbocycles. The van der Waals surface area contributed by atoms with E-state index in [1.165, 1.54) is 43.5 Å². The van der Waals surface area contributed by atoms with Crippen molar-refractivity contribution in [2.45, 2.75) is 6.92 Å². The summed E-state index contributed by atoms with van der Waals surface area (Å²) in [7, 11) is 1.25. The molecular weight excluding hydrogens is 388 g/mol. The van der Waals surface area contributed by atoms with Crippen molar-refractivity contribution in [2.75, 3.05) is 7.11 Å². The van der Waals surface area contributed by atoms with E-state index in [1.807, 2.05) is 0 Å².